The Morgan fingerprint density at radius 3 is 2.43 bits per heavy atom. The van der Waals surface area contributed by atoms with Gasteiger partial charge in [0, 0.05) is 16.4 Å². The van der Waals surface area contributed by atoms with Crippen LogP contribution in [0, 0.1) is 13.8 Å². The summed E-state index contributed by atoms with van der Waals surface area (Å²) >= 11 is 13.8. The number of anilines is 2. The second kappa shape index (κ2) is 11.2. The zero-order chi connectivity index (χ0) is 24.9. The summed E-state index contributed by atoms with van der Waals surface area (Å²) in [4.78, 5) is 13.0. The molecule has 3 aromatic carbocycles. The zero-order valence-corrected chi connectivity index (χ0v) is 21.9. The maximum atomic E-state index is 13.0. The average Bonchev–Trinajstić information content (AvgIpc) is 3.24. The van der Waals surface area contributed by atoms with Crippen molar-refractivity contribution in [2.24, 2.45) is 0 Å². The number of thioether (sulfide) groups is 1. The van der Waals surface area contributed by atoms with Gasteiger partial charge in [-0.15, -0.1) is 10.2 Å². The molecule has 2 N–H and O–H groups in total. The molecule has 0 radical (unpaired) electrons. The third-order valence-corrected chi connectivity index (χ3v) is 7.07. The molecule has 6 nitrogen and oxygen atoms in total. The number of rotatable bonds is 8. The molecule has 4 rings (SSSR count). The zero-order valence-electron chi connectivity index (χ0n) is 19.5. The van der Waals surface area contributed by atoms with Gasteiger partial charge >= 0.3 is 0 Å². The average molecular weight is 526 g/mol. The van der Waals surface area contributed by atoms with Gasteiger partial charge in [-0.2, -0.15) is 0 Å². The Labute approximate surface area is 219 Å². The first kappa shape index (κ1) is 25.1. The summed E-state index contributed by atoms with van der Waals surface area (Å²) < 4.78 is 1.94. The number of aryl methyl sites for hydroxylation is 2. The Morgan fingerprint density at radius 2 is 1.71 bits per heavy atom. The highest BCUT2D eigenvalue weighted by Gasteiger charge is 2.22. The van der Waals surface area contributed by atoms with Crippen molar-refractivity contribution in [2.45, 2.75) is 37.7 Å². The van der Waals surface area contributed by atoms with Crippen molar-refractivity contribution in [1.29, 1.82) is 0 Å². The van der Waals surface area contributed by atoms with Crippen molar-refractivity contribution in [3.63, 3.8) is 0 Å². The largest absolute Gasteiger partial charge is 0.376 e. The van der Waals surface area contributed by atoms with Crippen LogP contribution in [-0.2, 0) is 11.3 Å². The molecule has 0 saturated carbocycles. The van der Waals surface area contributed by atoms with E-state index in [1.54, 1.807) is 18.2 Å². The van der Waals surface area contributed by atoms with Crippen molar-refractivity contribution in [2.75, 3.05) is 10.6 Å². The number of nitrogens with zero attached hydrogens (tertiary/aromatic N) is 3. The van der Waals surface area contributed by atoms with Crippen LogP contribution in [0.5, 0.6) is 0 Å². The lowest BCUT2D eigenvalue weighted by Gasteiger charge is -2.16. The number of benzene rings is 3. The van der Waals surface area contributed by atoms with Gasteiger partial charge in [-0.25, -0.2) is 0 Å². The molecule has 4 aromatic rings. The van der Waals surface area contributed by atoms with Gasteiger partial charge in [0.15, 0.2) is 11.0 Å². The standard InChI is InChI=1S/C26H25Cl2N5OS/c1-16-8-7-9-17(2)24(16)30-25(34)18(3)35-26-32-31-23(33(26)20-10-5-4-6-11-20)15-29-22-14-19(27)12-13-21(22)28/h4-14,18,29H,15H2,1-3H3,(H,30,34). The Hall–Kier alpha value is -3.00. The first-order chi connectivity index (χ1) is 16.8. The lowest BCUT2D eigenvalue weighted by molar-refractivity contribution is -0.115. The molecule has 1 aromatic heterocycles. The molecule has 0 bridgehead atoms. The van der Waals surface area contributed by atoms with Gasteiger partial charge < -0.3 is 10.6 Å². The normalized spacial score (nSPS) is 11.8. The van der Waals surface area contributed by atoms with Gasteiger partial charge in [0.2, 0.25) is 5.91 Å². The van der Waals surface area contributed by atoms with Crippen LogP contribution in [0.1, 0.15) is 23.9 Å². The van der Waals surface area contributed by atoms with E-state index < -0.39 is 5.25 Å². The summed E-state index contributed by atoms with van der Waals surface area (Å²) in [6.07, 6.45) is 0. The van der Waals surface area contributed by atoms with Crippen LogP contribution in [0.25, 0.3) is 5.69 Å². The predicted molar refractivity (Wildman–Crippen MR) is 145 cm³/mol. The number of hydrogen-bond donors (Lipinski definition) is 2. The van der Waals surface area contributed by atoms with E-state index in [2.05, 4.69) is 20.8 Å². The number of amides is 1. The molecule has 0 fully saturated rings. The summed E-state index contributed by atoms with van der Waals surface area (Å²) in [5, 5.41) is 16.5. The molecule has 1 atom stereocenters. The van der Waals surface area contributed by atoms with E-state index in [4.69, 9.17) is 23.2 Å². The smallest absolute Gasteiger partial charge is 0.237 e. The van der Waals surface area contributed by atoms with Gasteiger partial charge in [0.25, 0.3) is 0 Å². The van der Waals surface area contributed by atoms with E-state index in [1.807, 2.05) is 73.9 Å². The maximum absolute atomic E-state index is 13.0. The van der Waals surface area contributed by atoms with Crippen LogP contribution in [0.3, 0.4) is 0 Å². The minimum absolute atomic E-state index is 0.0969. The summed E-state index contributed by atoms with van der Waals surface area (Å²) in [5.74, 6) is 0.581. The number of carbonyl (C=O) groups excluding carboxylic acids is 1. The van der Waals surface area contributed by atoms with Crippen molar-refractivity contribution < 1.29 is 4.79 Å². The highest BCUT2D eigenvalue weighted by atomic mass is 35.5. The van der Waals surface area contributed by atoms with Gasteiger partial charge in [-0.3, -0.25) is 9.36 Å². The Bertz CT molecular complexity index is 1320. The minimum atomic E-state index is -0.399. The number of para-hydroxylation sites is 2. The van der Waals surface area contributed by atoms with Crippen molar-refractivity contribution in [1.82, 2.24) is 14.8 Å². The van der Waals surface area contributed by atoms with E-state index in [-0.39, 0.29) is 5.91 Å². The molecule has 0 aliphatic carbocycles. The molecular formula is C26H25Cl2N5OS. The second-order valence-corrected chi connectivity index (χ2v) is 10.2. The number of halogens is 2. The number of carbonyl (C=O) groups is 1. The lowest BCUT2D eigenvalue weighted by Crippen LogP contribution is -2.24. The Kier molecular flexibility index (Phi) is 8.00. The molecular weight excluding hydrogens is 501 g/mol. The van der Waals surface area contributed by atoms with E-state index >= 15 is 0 Å². The van der Waals surface area contributed by atoms with E-state index in [9.17, 15) is 4.79 Å². The van der Waals surface area contributed by atoms with Crippen LogP contribution >= 0.6 is 35.0 Å². The molecule has 1 heterocycles. The molecule has 0 aliphatic heterocycles. The number of hydrogen-bond acceptors (Lipinski definition) is 5. The predicted octanol–water partition coefficient (Wildman–Crippen LogP) is 6.92. The molecule has 9 heteroatoms. The minimum Gasteiger partial charge on any atom is -0.376 e. The highest BCUT2D eigenvalue weighted by molar-refractivity contribution is 8.00. The fourth-order valence-electron chi connectivity index (χ4n) is 3.58. The monoisotopic (exact) mass is 525 g/mol. The van der Waals surface area contributed by atoms with Crippen LogP contribution in [0.2, 0.25) is 10.0 Å². The van der Waals surface area contributed by atoms with Crippen LogP contribution in [0.15, 0.2) is 71.9 Å². The van der Waals surface area contributed by atoms with Crippen molar-refractivity contribution in [3.05, 3.63) is 93.7 Å². The molecule has 0 spiro atoms. The molecule has 0 saturated heterocycles. The van der Waals surface area contributed by atoms with E-state index in [0.717, 1.165) is 22.5 Å². The Morgan fingerprint density at radius 1 is 1.00 bits per heavy atom. The van der Waals surface area contributed by atoms with Crippen molar-refractivity contribution >= 4 is 52.2 Å². The van der Waals surface area contributed by atoms with Crippen LogP contribution in [0.4, 0.5) is 11.4 Å². The number of aromatic nitrogens is 3. The van der Waals surface area contributed by atoms with Gasteiger partial charge in [-0.05, 0) is 62.2 Å². The molecule has 180 valence electrons. The summed E-state index contributed by atoms with van der Waals surface area (Å²) in [5.41, 5.74) is 4.50. The lowest BCUT2D eigenvalue weighted by atomic mass is 10.1. The Balaban J connectivity index is 1.57. The summed E-state index contributed by atoms with van der Waals surface area (Å²) in [6, 6.07) is 21.0. The quantitative estimate of drug-likeness (QED) is 0.244. The SMILES string of the molecule is Cc1cccc(C)c1NC(=O)C(C)Sc1nnc(CNc2cc(Cl)ccc2Cl)n1-c1ccccc1. The number of nitrogens with one attached hydrogen (secondary N) is 2. The van der Waals surface area contributed by atoms with Gasteiger partial charge in [0.1, 0.15) is 0 Å². The van der Waals surface area contributed by atoms with Crippen LogP contribution < -0.4 is 10.6 Å². The molecule has 1 amide bonds. The summed E-state index contributed by atoms with van der Waals surface area (Å²) in [7, 11) is 0. The van der Waals surface area contributed by atoms with Crippen molar-refractivity contribution in [3.8, 4) is 5.69 Å². The second-order valence-electron chi connectivity index (χ2n) is 8.06. The maximum Gasteiger partial charge on any atom is 0.237 e. The van der Waals surface area contributed by atoms with Crippen LogP contribution in [-0.4, -0.2) is 25.9 Å². The van der Waals surface area contributed by atoms with E-state index in [0.29, 0.717) is 33.3 Å². The third-order valence-electron chi connectivity index (χ3n) is 5.46. The molecule has 35 heavy (non-hydrogen) atoms. The van der Waals surface area contributed by atoms with Gasteiger partial charge in [0.05, 0.1) is 22.5 Å². The molecule has 0 aliphatic rings. The first-order valence-electron chi connectivity index (χ1n) is 11.1. The van der Waals surface area contributed by atoms with Gasteiger partial charge in [-0.1, -0.05) is 71.4 Å². The molecule has 1 unspecified atom stereocenters. The topological polar surface area (TPSA) is 71.8 Å². The van der Waals surface area contributed by atoms with E-state index in [1.165, 1.54) is 11.8 Å². The fraction of sp³-hybridized carbons (Fsp3) is 0.192. The summed E-state index contributed by atoms with van der Waals surface area (Å²) in [6.45, 7) is 6.20. The first-order valence-corrected chi connectivity index (χ1v) is 12.7. The fourth-order valence-corrected chi connectivity index (χ4v) is 4.83. The third kappa shape index (κ3) is 5.99. The highest BCUT2D eigenvalue weighted by Crippen LogP contribution is 2.29.